The number of nitrogens with one attached hydrogen (secondary N) is 1. The molecule has 7 nitrogen and oxygen atoms in total. The molecule has 7 heteroatoms. The van der Waals surface area contributed by atoms with Gasteiger partial charge in [-0.25, -0.2) is 4.68 Å². The van der Waals surface area contributed by atoms with Gasteiger partial charge in [0.25, 0.3) is 5.91 Å². The summed E-state index contributed by atoms with van der Waals surface area (Å²) < 4.78 is 1.51. The molecule has 134 valence electrons. The Hall–Kier alpha value is -3.87. The largest absolute Gasteiger partial charge is 0.383 e. The van der Waals surface area contributed by atoms with Crippen LogP contribution in [0.2, 0.25) is 0 Å². The fourth-order valence-corrected chi connectivity index (χ4v) is 3.25. The van der Waals surface area contributed by atoms with Crippen LogP contribution in [0.5, 0.6) is 0 Å². The van der Waals surface area contributed by atoms with Crippen molar-refractivity contribution in [3.63, 3.8) is 0 Å². The van der Waals surface area contributed by atoms with Crippen molar-refractivity contribution in [3.05, 3.63) is 76.1 Å². The van der Waals surface area contributed by atoms with Crippen molar-refractivity contribution in [1.29, 1.82) is 0 Å². The number of nitrogen functional groups attached to an aromatic ring is 1. The molecule has 0 fully saturated rings. The molecular weight excluding hydrogens is 342 g/mol. The van der Waals surface area contributed by atoms with Crippen molar-refractivity contribution in [2.45, 2.75) is 6.92 Å². The highest BCUT2D eigenvalue weighted by Crippen LogP contribution is 2.32. The number of aryl methyl sites for hydroxylation is 1. The molecule has 4 rings (SSSR count). The number of aromatic amines is 1. The minimum Gasteiger partial charge on any atom is -0.383 e. The van der Waals surface area contributed by atoms with Gasteiger partial charge in [0, 0.05) is 17.0 Å². The summed E-state index contributed by atoms with van der Waals surface area (Å²) in [6, 6.07) is 16.1. The lowest BCUT2D eigenvalue weighted by Gasteiger charge is -2.11. The first-order valence-corrected chi connectivity index (χ1v) is 8.34. The number of rotatable bonds is 3. The standard InChI is InChI=1S/C20H17N5O2/c1-11-7-9-14-13(8-10-15(26)23-14)18(11)25-19(21)16(20(22)27)17(24-25)12-5-3-2-4-6-12/h2-10H,21H2,1H3,(H2,22,27)(H,23,26). The van der Waals surface area contributed by atoms with Crippen molar-refractivity contribution in [2.75, 3.05) is 5.73 Å². The number of carbonyl (C=O) groups excluding carboxylic acids is 1. The zero-order valence-corrected chi connectivity index (χ0v) is 14.6. The molecule has 0 aliphatic rings. The molecule has 0 unspecified atom stereocenters. The first-order chi connectivity index (χ1) is 13.0. The molecule has 0 atom stereocenters. The van der Waals surface area contributed by atoms with Crippen molar-refractivity contribution < 1.29 is 4.79 Å². The number of fused-ring (bicyclic) bond motifs is 1. The molecule has 5 N–H and O–H groups in total. The summed E-state index contributed by atoms with van der Waals surface area (Å²) in [5.41, 5.74) is 15.2. The Morgan fingerprint density at radius 2 is 1.81 bits per heavy atom. The van der Waals surface area contributed by atoms with E-state index >= 15 is 0 Å². The highest BCUT2D eigenvalue weighted by molar-refractivity contribution is 6.04. The second-order valence-electron chi connectivity index (χ2n) is 6.27. The number of carbonyl (C=O) groups is 1. The van der Waals surface area contributed by atoms with Gasteiger partial charge in [-0.2, -0.15) is 5.10 Å². The number of aromatic nitrogens is 3. The van der Waals surface area contributed by atoms with E-state index in [4.69, 9.17) is 11.5 Å². The van der Waals surface area contributed by atoms with Crippen LogP contribution in [0.15, 0.2) is 59.4 Å². The fraction of sp³-hybridized carbons (Fsp3) is 0.0500. The van der Waals surface area contributed by atoms with Crippen LogP contribution < -0.4 is 17.0 Å². The molecule has 1 amide bonds. The third kappa shape index (κ3) is 2.65. The van der Waals surface area contributed by atoms with E-state index in [1.165, 1.54) is 10.7 Å². The molecular formula is C20H17N5O2. The van der Waals surface area contributed by atoms with Crippen LogP contribution in [-0.4, -0.2) is 20.7 Å². The van der Waals surface area contributed by atoms with Gasteiger partial charge in [-0.3, -0.25) is 9.59 Å². The molecule has 0 aliphatic heterocycles. The van der Waals surface area contributed by atoms with Gasteiger partial charge in [0.1, 0.15) is 17.1 Å². The Balaban J connectivity index is 2.07. The number of H-pyrrole nitrogens is 1. The highest BCUT2D eigenvalue weighted by atomic mass is 16.1. The number of nitrogens with two attached hydrogens (primary N) is 2. The first kappa shape index (κ1) is 16.6. The quantitative estimate of drug-likeness (QED) is 0.520. The third-order valence-electron chi connectivity index (χ3n) is 4.50. The van der Waals surface area contributed by atoms with E-state index in [9.17, 15) is 9.59 Å². The van der Waals surface area contributed by atoms with Gasteiger partial charge in [-0.15, -0.1) is 0 Å². The second kappa shape index (κ2) is 6.14. The third-order valence-corrected chi connectivity index (χ3v) is 4.50. The molecule has 0 aliphatic carbocycles. The molecule has 0 saturated heterocycles. The van der Waals surface area contributed by atoms with E-state index in [1.54, 1.807) is 6.07 Å². The van der Waals surface area contributed by atoms with Crippen molar-refractivity contribution >= 4 is 22.6 Å². The molecule has 0 saturated carbocycles. The van der Waals surface area contributed by atoms with Crippen LogP contribution in [0.25, 0.3) is 27.8 Å². The van der Waals surface area contributed by atoms with Gasteiger partial charge in [0.2, 0.25) is 5.56 Å². The van der Waals surface area contributed by atoms with E-state index in [0.717, 1.165) is 16.5 Å². The maximum atomic E-state index is 12.1. The second-order valence-corrected chi connectivity index (χ2v) is 6.27. The number of hydrogen-bond acceptors (Lipinski definition) is 4. The summed E-state index contributed by atoms with van der Waals surface area (Å²) in [5.74, 6) is -0.493. The van der Waals surface area contributed by atoms with Gasteiger partial charge < -0.3 is 16.5 Å². The number of anilines is 1. The first-order valence-electron chi connectivity index (χ1n) is 8.34. The molecule has 0 spiro atoms. The fourth-order valence-electron chi connectivity index (χ4n) is 3.25. The van der Waals surface area contributed by atoms with Crippen LogP contribution in [0.4, 0.5) is 5.82 Å². The Kier molecular flexibility index (Phi) is 3.77. The Bertz CT molecular complexity index is 1240. The zero-order chi connectivity index (χ0) is 19.1. The highest BCUT2D eigenvalue weighted by Gasteiger charge is 2.23. The average molecular weight is 359 g/mol. The SMILES string of the molecule is Cc1ccc2[nH]c(=O)ccc2c1-n1nc(-c2ccccc2)c(C(N)=O)c1N. The molecule has 2 heterocycles. The van der Waals surface area contributed by atoms with E-state index in [1.807, 2.05) is 49.4 Å². The lowest BCUT2D eigenvalue weighted by atomic mass is 10.1. The number of hydrogen-bond donors (Lipinski definition) is 3. The summed E-state index contributed by atoms with van der Waals surface area (Å²) in [6.07, 6.45) is 0. The minimum atomic E-state index is -0.649. The maximum absolute atomic E-state index is 12.1. The monoisotopic (exact) mass is 359 g/mol. The summed E-state index contributed by atoms with van der Waals surface area (Å²) in [4.78, 5) is 26.5. The average Bonchev–Trinajstić information content (AvgIpc) is 3.00. The van der Waals surface area contributed by atoms with Crippen molar-refractivity contribution in [1.82, 2.24) is 14.8 Å². The normalized spacial score (nSPS) is 11.0. The van der Waals surface area contributed by atoms with Crippen LogP contribution in [0.3, 0.4) is 0 Å². The number of nitrogens with zero attached hydrogens (tertiary/aromatic N) is 2. The Morgan fingerprint density at radius 3 is 2.52 bits per heavy atom. The lowest BCUT2D eigenvalue weighted by Crippen LogP contribution is -2.14. The van der Waals surface area contributed by atoms with Crippen molar-refractivity contribution in [2.24, 2.45) is 5.73 Å². The van der Waals surface area contributed by atoms with Crippen molar-refractivity contribution in [3.8, 4) is 16.9 Å². The van der Waals surface area contributed by atoms with E-state index in [-0.39, 0.29) is 16.9 Å². The van der Waals surface area contributed by atoms with Gasteiger partial charge >= 0.3 is 0 Å². The summed E-state index contributed by atoms with van der Waals surface area (Å²) >= 11 is 0. The summed E-state index contributed by atoms with van der Waals surface area (Å²) in [6.45, 7) is 1.91. The molecule has 2 aromatic carbocycles. The number of benzene rings is 2. The summed E-state index contributed by atoms with van der Waals surface area (Å²) in [7, 11) is 0. The van der Waals surface area contributed by atoms with E-state index in [0.29, 0.717) is 16.9 Å². The molecule has 27 heavy (non-hydrogen) atoms. The molecule has 2 aromatic heterocycles. The summed E-state index contributed by atoms with van der Waals surface area (Å²) in [5, 5.41) is 5.37. The lowest BCUT2D eigenvalue weighted by molar-refractivity contribution is 0.100. The van der Waals surface area contributed by atoms with E-state index < -0.39 is 5.91 Å². The van der Waals surface area contributed by atoms with Gasteiger partial charge in [-0.1, -0.05) is 36.4 Å². The van der Waals surface area contributed by atoms with E-state index in [2.05, 4.69) is 10.1 Å². The Morgan fingerprint density at radius 1 is 1.07 bits per heavy atom. The van der Waals surface area contributed by atoms with Crippen LogP contribution in [-0.2, 0) is 0 Å². The number of primary amides is 1. The molecule has 0 radical (unpaired) electrons. The van der Waals surface area contributed by atoms with Gasteiger partial charge in [0.15, 0.2) is 0 Å². The smallest absolute Gasteiger partial charge is 0.254 e. The Labute approximate surface area is 154 Å². The number of amides is 1. The topological polar surface area (TPSA) is 120 Å². The molecule has 0 bridgehead atoms. The van der Waals surface area contributed by atoms with Gasteiger partial charge in [-0.05, 0) is 24.6 Å². The van der Waals surface area contributed by atoms with Crippen LogP contribution >= 0.6 is 0 Å². The van der Waals surface area contributed by atoms with Crippen LogP contribution in [0, 0.1) is 6.92 Å². The van der Waals surface area contributed by atoms with Crippen LogP contribution in [0.1, 0.15) is 15.9 Å². The minimum absolute atomic E-state index is 0.156. The number of pyridine rings is 1. The maximum Gasteiger partial charge on any atom is 0.254 e. The molecule has 4 aromatic rings. The zero-order valence-electron chi connectivity index (χ0n) is 14.6. The van der Waals surface area contributed by atoms with Gasteiger partial charge in [0.05, 0.1) is 11.2 Å². The predicted molar refractivity (Wildman–Crippen MR) is 105 cm³/mol. The predicted octanol–water partition coefficient (Wildman–Crippen LogP) is 2.37.